The van der Waals surface area contributed by atoms with Crippen molar-refractivity contribution in [3.63, 3.8) is 0 Å². The first-order valence-electron chi connectivity index (χ1n) is 3.74. The van der Waals surface area contributed by atoms with Crippen LogP contribution in [-0.2, 0) is 32.7 Å². The minimum absolute atomic E-state index is 0. The van der Waals surface area contributed by atoms with Crippen LogP contribution in [0.25, 0.3) is 10.8 Å². The number of benzene rings is 2. The fourth-order valence-corrected chi connectivity index (χ4v) is 1.31. The topological polar surface area (TPSA) is 0 Å². The zero-order valence-corrected chi connectivity index (χ0v) is 9.88. The van der Waals surface area contributed by atoms with Gasteiger partial charge in [-0.3, -0.25) is 0 Å². The molecule has 0 saturated carbocycles. The van der Waals surface area contributed by atoms with E-state index in [0.717, 1.165) is 0 Å². The summed E-state index contributed by atoms with van der Waals surface area (Å²) in [6, 6.07) is 15.6. The third-order valence-corrected chi connectivity index (χ3v) is 1.90. The number of hydrogen-bond acceptors (Lipinski definition) is 0. The number of fused-ring (bicyclic) bond motifs is 1. The molecule has 0 fully saturated rings. The molecule has 0 N–H and O–H groups in total. The standard InChI is InChI=1S/C11H9.Y/c1-9-5-4-7-10-6-2-3-8-11(9)10;/h2-7H,1H3;/q-1;. The van der Waals surface area contributed by atoms with Crippen LogP contribution < -0.4 is 0 Å². The molecule has 2 rings (SSSR count). The molecule has 0 aliphatic heterocycles. The smallest absolute Gasteiger partial charge is 0 e. The van der Waals surface area contributed by atoms with E-state index >= 15 is 0 Å². The molecule has 0 unspecified atom stereocenters. The molecule has 1 radical (unpaired) electrons. The molecule has 0 aromatic heterocycles. The average molecular weight is 230 g/mol. The molecule has 57 valence electrons. The van der Waals surface area contributed by atoms with E-state index in [1.807, 2.05) is 12.1 Å². The molecule has 1 heteroatoms. The molecular formula is C11H9Y-. The van der Waals surface area contributed by atoms with E-state index in [0.29, 0.717) is 0 Å². The third-order valence-electron chi connectivity index (χ3n) is 1.90. The SMILES string of the molecule is Cc1cccc2ccc[c-]c12.[Y]. The van der Waals surface area contributed by atoms with Gasteiger partial charge in [-0.05, 0) is 0 Å². The number of aryl methyl sites for hydroxylation is 1. The van der Waals surface area contributed by atoms with Crippen LogP contribution in [-0.4, -0.2) is 0 Å². The van der Waals surface area contributed by atoms with Crippen LogP contribution in [0.4, 0.5) is 0 Å². The van der Waals surface area contributed by atoms with Crippen LogP contribution >= 0.6 is 0 Å². The van der Waals surface area contributed by atoms with Crippen molar-refractivity contribution in [3.05, 3.63) is 48.0 Å². The molecule has 0 aliphatic carbocycles. The van der Waals surface area contributed by atoms with Gasteiger partial charge in [-0.25, -0.2) is 0 Å². The minimum atomic E-state index is 0. The summed E-state index contributed by atoms with van der Waals surface area (Å²) in [5.41, 5.74) is 1.29. The molecule has 0 nitrogen and oxygen atoms in total. The number of rotatable bonds is 0. The summed E-state index contributed by atoms with van der Waals surface area (Å²) in [6.07, 6.45) is 0. The van der Waals surface area contributed by atoms with Crippen molar-refractivity contribution >= 4 is 10.8 Å². The molecule has 0 bridgehead atoms. The zero-order chi connectivity index (χ0) is 7.68. The van der Waals surface area contributed by atoms with Gasteiger partial charge in [-0.1, -0.05) is 19.1 Å². The molecular weight excluding hydrogens is 221 g/mol. The Kier molecular flexibility index (Phi) is 3.43. The van der Waals surface area contributed by atoms with Gasteiger partial charge in [0.1, 0.15) is 0 Å². The summed E-state index contributed by atoms with van der Waals surface area (Å²) in [5.74, 6) is 0. The van der Waals surface area contributed by atoms with Crippen LogP contribution in [0.5, 0.6) is 0 Å². The summed E-state index contributed by atoms with van der Waals surface area (Å²) in [4.78, 5) is 0. The first-order chi connectivity index (χ1) is 5.38. The predicted molar refractivity (Wildman–Crippen MR) is 47.5 cm³/mol. The van der Waals surface area contributed by atoms with Crippen LogP contribution in [0.1, 0.15) is 5.56 Å². The predicted octanol–water partition coefficient (Wildman–Crippen LogP) is 2.95. The van der Waals surface area contributed by atoms with Crippen LogP contribution in [0, 0.1) is 13.0 Å². The summed E-state index contributed by atoms with van der Waals surface area (Å²) < 4.78 is 0. The summed E-state index contributed by atoms with van der Waals surface area (Å²) in [7, 11) is 0. The summed E-state index contributed by atoms with van der Waals surface area (Å²) >= 11 is 0. The van der Waals surface area contributed by atoms with Crippen molar-refractivity contribution in [2.24, 2.45) is 0 Å². The summed E-state index contributed by atoms with van der Waals surface area (Å²) in [6.45, 7) is 2.11. The maximum Gasteiger partial charge on any atom is 0 e. The van der Waals surface area contributed by atoms with E-state index in [9.17, 15) is 0 Å². The van der Waals surface area contributed by atoms with E-state index in [1.54, 1.807) is 0 Å². The molecule has 0 spiro atoms. The second-order valence-electron chi connectivity index (χ2n) is 2.71. The molecule has 12 heavy (non-hydrogen) atoms. The molecule has 2 aromatic carbocycles. The Bertz CT molecular complexity index is 374. The van der Waals surface area contributed by atoms with Crippen molar-refractivity contribution in [3.8, 4) is 0 Å². The number of hydrogen-bond donors (Lipinski definition) is 0. The van der Waals surface area contributed by atoms with Crippen molar-refractivity contribution < 1.29 is 32.7 Å². The average Bonchev–Trinajstić information content (AvgIpc) is 2.06. The first-order valence-corrected chi connectivity index (χ1v) is 3.74. The van der Waals surface area contributed by atoms with Crippen LogP contribution in [0.2, 0.25) is 0 Å². The van der Waals surface area contributed by atoms with E-state index < -0.39 is 0 Å². The Morgan fingerprint density at radius 3 is 2.58 bits per heavy atom. The first kappa shape index (κ1) is 9.89. The van der Waals surface area contributed by atoms with Gasteiger partial charge in [0.2, 0.25) is 0 Å². The van der Waals surface area contributed by atoms with Gasteiger partial charge in [0.15, 0.2) is 0 Å². The Hall–Kier alpha value is -0.196. The third kappa shape index (κ3) is 1.76. The monoisotopic (exact) mass is 230 g/mol. The normalized spacial score (nSPS) is 9.42. The fraction of sp³-hybridized carbons (Fsp3) is 0.0909. The van der Waals surface area contributed by atoms with Gasteiger partial charge in [0.25, 0.3) is 0 Å². The van der Waals surface area contributed by atoms with Gasteiger partial charge in [0, 0.05) is 32.7 Å². The Balaban J connectivity index is 0.000000720. The van der Waals surface area contributed by atoms with Gasteiger partial charge < -0.3 is 0 Å². The quantitative estimate of drug-likeness (QED) is 0.610. The van der Waals surface area contributed by atoms with E-state index in [1.165, 1.54) is 16.3 Å². The van der Waals surface area contributed by atoms with Crippen LogP contribution in [0.15, 0.2) is 36.4 Å². The Morgan fingerprint density at radius 2 is 1.83 bits per heavy atom. The molecule has 0 heterocycles. The van der Waals surface area contributed by atoms with Crippen molar-refractivity contribution in [2.75, 3.05) is 0 Å². The molecule has 0 amide bonds. The van der Waals surface area contributed by atoms with Crippen molar-refractivity contribution in [2.45, 2.75) is 6.92 Å². The van der Waals surface area contributed by atoms with Gasteiger partial charge in [0.05, 0.1) is 0 Å². The molecule has 0 saturated heterocycles. The maximum atomic E-state index is 3.22. The van der Waals surface area contributed by atoms with Gasteiger partial charge in [-0.2, -0.15) is 0 Å². The largest absolute Gasteiger partial charge is 0.147 e. The summed E-state index contributed by atoms with van der Waals surface area (Å²) in [5, 5.41) is 2.50. The Morgan fingerprint density at radius 1 is 1.08 bits per heavy atom. The van der Waals surface area contributed by atoms with E-state index in [4.69, 9.17) is 0 Å². The van der Waals surface area contributed by atoms with Gasteiger partial charge >= 0.3 is 0 Å². The second-order valence-corrected chi connectivity index (χ2v) is 2.71. The molecule has 0 aliphatic rings. The van der Waals surface area contributed by atoms with Gasteiger partial charge in [-0.15, -0.1) is 46.7 Å². The van der Waals surface area contributed by atoms with Crippen LogP contribution in [0.3, 0.4) is 0 Å². The zero-order valence-electron chi connectivity index (χ0n) is 7.04. The fourth-order valence-electron chi connectivity index (χ4n) is 1.31. The second kappa shape index (κ2) is 4.16. The molecule has 2 aromatic rings. The maximum absolute atomic E-state index is 3.22. The van der Waals surface area contributed by atoms with E-state index in [-0.39, 0.29) is 32.7 Å². The Labute approximate surface area is 97.9 Å². The van der Waals surface area contributed by atoms with Crippen molar-refractivity contribution in [1.29, 1.82) is 0 Å². The van der Waals surface area contributed by atoms with E-state index in [2.05, 4.69) is 37.3 Å². The molecule has 0 atom stereocenters. The van der Waals surface area contributed by atoms with Crippen molar-refractivity contribution in [1.82, 2.24) is 0 Å². The minimum Gasteiger partial charge on any atom is -0.147 e.